The molecular weight excluding hydrogens is 398 g/mol. The van der Waals surface area contributed by atoms with E-state index in [-0.39, 0.29) is 11.9 Å². The van der Waals surface area contributed by atoms with Crippen molar-refractivity contribution < 1.29 is 4.79 Å². The molecule has 1 aliphatic heterocycles. The van der Waals surface area contributed by atoms with Gasteiger partial charge in [0.15, 0.2) is 5.82 Å². The molecule has 6 nitrogen and oxygen atoms in total. The van der Waals surface area contributed by atoms with Gasteiger partial charge < -0.3 is 9.88 Å². The summed E-state index contributed by atoms with van der Waals surface area (Å²) in [5.41, 5.74) is 2.40. The molecule has 1 atom stereocenters. The van der Waals surface area contributed by atoms with Crippen LogP contribution in [0.1, 0.15) is 42.2 Å². The van der Waals surface area contributed by atoms with Gasteiger partial charge in [0, 0.05) is 39.0 Å². The highest BCUT2D eigenvalue weighted by Gasteiger charge is 2.22. The van der Waals surface area contributed by atoms with Crippen molar-refractivity contribution in [2.24, 2.45) is 0 Å². The first-order chi connectivity index (χ1) is 15.7. The van der Waals surface area contributed by atoms with Crippen LogP contribution in [0.15, 0.2) is 66.7 Å². The molecular formula is C26H31N5O. The highest BCUT2D eigenvalue weighted by molar-refractivity contribution is 5.76. The molecule has 0 radical (unpaired) electrons. The van der Waals surface area contributed by atoms with Crippen molar-refractivity contribution in [3.05, 3.63) is 89.5 Å². The molecule has 0 bridgehead atoms. The van der Waals surface area contributed by atoms with E-state index in [1.807, 2.05) is 31.2 Å². The van der Waals surface area contributed by atoms with Crippen LogP contribution in [0.2, 0.25) is 0 Å². The molecule has 1 aliphatic rings. The number of hydrogen-bond donors (Lipinski definition) is 1. The molecule has 0 saturated heterocycles. The van der Waals surface area contributed by atoms with Gasteiger partial charge in [-0.1, -0.05) is 72.8 Å². The normalized spacial score (nSPS) is 15.3. The number of aromatic nitrogens is 3. The van der Waals surface area contributed by atoms with Crippen LogP contribution in [0.4, 0.5) is 0 Å². The van der Waals surface area contributed by atoms with Crippen molar-refractivity contribution >= 4 is 12.0 Å². The van der Waals surface area contributed by atoms with Crippen LogP contribution >= 0.6 is 0 Å². The summed E-state index contributed by atoms with van der Waals surface area (Å²) in [7, 11) is 0. The molecule has 1 N–H and O–H groups in total. The van der Waals surface area contributed by atoms with E-state index < -0.39 is 0 Å². The third kappa shape index (κ3) is 5.92. The number of carbonyl (C=O) groups excluding carboxylic acids is 1. The van der Waals surface area contributed by atoms with E-state index in [0.29, 0.717) is 6.42 Å². The molecule has 0 fully saturated rings. The monoisotopic (exact) mass is 429 g/mol. The van der Waals surface area contributed by atoms with Crippen LogP contribution in [0.5, 0.6) is 0 Å². The molecule has 32 heavy (non-hydrogen) atoms. The maximum absolute atomic E-state index is 12.5. The Bertz CT molecular complexity index is 1030. The first-order valence-corrected chi connectivity index (χ1v) is 11.4. The number of hydrogen-bond acceptors (Lipinski definition) is 4. The van der Waals surface area contributed by atoms with Crippen molar-refractivity contribution in [3.8, 4) is 0 Å². The molecule has 6 heteroatoms. The largest absolute Gasteiger partial charge is 0.346 e. The summed E-state index contributed by atoms with van der Waals surface area (Å²) in [5.74, 6) is 1.88. The number of aryl methyl sites for hydroxylation is 1. The zero-order valence-corrected chi connectivity index (χ0v) is 18.7. The minimum absolute atomic E-state index is 0.0417. The van der Waals surface area contributed by atoms with E-state index in [1.54, 1.807) is 0 Å². The number of nitrogens with one attached hydrogen (secondary N) is 1. The molecule has 0 aliphatic carbocycles. The van der Waals surface area contributed by atoms with Gasteiger partial charge in [-0.15, -0.1) is 10.2 Å². The third-order valence-corrected chi connectivity index (χ3v) is 5.87. The van der Waals surface area contributed by atoms with Crippen LogP contribution in [-0.2, 0) is 24.2 Å². The first kappa shape index (κ1) is 22.0. The standard InChI is InChI=1S/C26H31N5O/c1-21(27-25(32)15-14-23-11-6-3-7-12-23)26-29-28-24-16-18-30(19-20-31(24)26)17-8-13-22-9-4-2-5-10-22/h2-13,21H,14-20H2,1H3,(H,27,32)/b13-8+/t21-/m0/s1. The molecule has 0 spiro atoms. The highest BCUT2D eigenvalue weighted by Crippen LogP contribution is 2.16. The lowest BCUT2D eigenvalue weighted by atomic mass is 10.1. The average molecular weight is 430 g/mol. The summed E-state index contributed by atoms with van der Waals surface area (Å²) in [6.45, 7) is 5.62. The number of benzene rings is 2. The summed E-state index contributed by atoms with van der Waals surface area (Å²) >= 11 is 0. The summed E-state index contributed by atoms with van der Waals surface area (Å²) in [6, 6.07) is 20.3. The predicted octanol–water partition coefficient (Wildman–Crippen LogP) is 3.66. The molecule has 2 aromatic carbocycles. The van der Waals surface area contributed by atoms with Gasteiger partial charge in [-0.2, -0.15) is 0 Å². The molecule has 4 rings (SSSR count). The number of nitrogens with zero attached hydrogens (tertiary/aromatic N) is 4. The first-order valence-electron chi connectivity index (χ1n) is 11.4. The van der Waals surface area contributed by atoms with Crippen molar-refractivity contribution in [1.82, 2.24) is 25.0 Å². The van der Waals surface area contributed by atoms with Gasteiger partial charge in [0.1, 0.15) is 5.82 Å². The SMILES string of the molecule is C[C@H](NC(=O)CCc1ccccc1)c1nnc2n1CCN(C/C=C/c1ccccc1)CC2. The lowest BCUT2D eigenvalue weighted by Gasteiger charge is -2.18. The molecule has 166 valence electrons. The topological polar surface area (TPSA) is 63.1 Å². The lowest BCUT2D eigenvalue weighted by Crippen LogP contribution is -2.30. The van der Waals surface area contributed by atoms with Crippen LogP contribution in [0.3, 0.4) is 0 Å². The highest BCUT2D eigenvalue weighted by atomic mass is 16.1. The summed E-state index contributed by atoms with van der Waals surface area (Å²) in [4.78, 5) is 14.9. The quantitative estimate of drug-likeness (QED) is 0.594. The van der Waals surface area contributed by atoms with E-state index >= 15 is 0 Å². The van der Waals surface area contributed by atoms with Crippen molar-refractivity contribution in [2.45, 2.75) is 38.8 Å². The molecule has 3 aromatic rings. The maximum Gasteiger partial charge on any atom is 0.220 e. The third-order valence-electron chi connectivity index (χ3n) is 5.87. The second kappa shape index (κ2) is 10.9. The van der Waals surface area contributed by atoms with Gasteiger partial charge in [0.05, 0.1) is 6.04 Å². The Labute approximate surface area is 190 Å². The van der Waals surface area contributed by atoms with Crippen molar-refractivity contribution in [2.75, 3.05) is 19.6 Å². The number of fused-ring (bicyclic) bond motifs is 1. The van der Waals surface area contributed by atoms with E-state index in [0.717, 1.165) is 50.7 Å². The Morgan fingerprint density at radius 3 is 2.56 bits per heavy atom. The minimum Gasteiger partial charge on any atom is -0.346 e. The van der Waals surface area contributed by atoms with E-state index in [1.165, 1.54) is 11.1 Å². The van der Waals surface area contributed by atoms with Crippen LogP contribution in [-0.4, -0.2) is 45.2 Å². The zero-order chi connectivity index (χ0) is 22.2. The van der Waals surface area contributed by atoms with E-state index in [4.69, 9.17) is 0 Å². The molecule has 1 amide bonds. The fourth-order valence-electron chi connectivity index (χ4n) is 4.07. The Hall–Kier alpha value is -3.25. The Morgan fingerprint density at radius 1 is 1.03 bits per heavy atom. The summed E-state index contributed by atoms with van der Waals surface area (Å²) in [5, 5.41) is 11.9. The fourth-order valence-corrected chi connectivity index (χ4v) is 4.07. The van der Waals surface area contributed by atoms with Crippen LogP contribution < -0.4 is 5.32 Å². The second-order valence-electron chi connectivity index (χ2n) is 8.26. The van der Waals surface area contributed by atoms with Gasteiger partial charge >= 0.3 is 0 Å². The zero-order valence-electron chi connectivity index (χ0n) is 18.7. The Balaban J connectivity index is 1.29. The van der Waals surface area contributed by atoms with Gasteiger partial charge in [0.25, 0.3) is 0 Å². The van der Waals surface area contributed by atoms with Crippen molar-refractivity contribution in [1.29, 1.82) is 0 Å². The average Bonchev–Trinajstić information content (AvgIpc) is 3.13. The van der Waals surface area contributed by atoms with Gasteiger partial charge in [-0.05, 0) is 24.5 Å². The maximum atomic E-state index is 12.5. The van der Waals surface area contributed by atoms with Crippen LogP contribution in [0, 0.1) is 0 Å². The van der Waals surface area contributed by atoms with Gasteiger partial charge in [0.2, 0.25) is 5.91 Å². The van der Waals surface area contributed by atoms with E-state index in [9.17, 15) is 4.79 Å². The number of carbonyl (C=O) groups is 1. The minimum atomic E-state index is -0.163. The molecule has 0 unspecified atom stereocenters. The van der Waals surface area contributed by atoms with Gasteiger partial charge in [-0.3, -0.25) is 9.69 Å². The summed E-state index contributed by atoms with van der Waals surface area (Å²) in [6.07, 6.45) is 6.46. The Kier molecular flexibility index (Phi) is 7.46. The lowest BCUT2D eigenvalue weighted by molar-refractivity contribution is -0.121. The van der Waals surface area contributed by atoms with Crippen molar-refractivity contribution in [3.63, 3.8) is 0 Å². The second-order valence-corrected chi connectivity index (χ2v) is 8.26. The van der Waals surface area contributed by atoms with E-state index in [2.05, 4.69) is 73.5 Å². The predicted molar refractivity (Wildman–Crippen MR) is 127 cm³/mol. The number of amides is 1. The molecule has 2 heterocycles. The van der Waals surface area contributed by atoms with Gasteiger partial charge in [-0.25, -0.2) is 0 Å². The summed E-state index contributed by atoms with van der Waals surface area (Å²) < 4.78 is 2.18. The smallest absolute Gasteiger partial charge is 0.220 e. The Morgan fingerprint density at radius 2 is 1.78 bits per heavy atom. The molecule has 0 saturated carbocycles. The fraction of sp³-hybridized carbons (Fsp3) is 0.346. The van der Waals surface area contributed by atoms with Crippen LogP contribution in [0.25, 0.3) is 6.08 Å². The molecule has 1 aromatic heterocycles. The number of rotatable bonds is 8.